The third-order valence-corrected chi connectivity index (χ3v) is 3.74. The molecule has 0 radical (unpaired) electrons. The summed E-state index contributed by atoms with van der Waals surface area (Å²) < 4.78 is 0. The molecule has 1 saturated heterocycles. The molecule has 1 aliphatic rings. The van der Waals surface area contributed by atoms with Crippen molar-refractivity contribution in [2.75, 3.05) is 19.6 Å². The average molecular weight is 269 g/mol. The van der Waals surface area contributed by atoms with Crippen molar-refractivity contribution < 1.29 is 9.59 Å². The minimum Gasteiger partial charge on any atom is -0.352 e. The van der Waals surface area contributed by atoms with Crippen molar-refractivity contribution in [3.8, 4) is 0 Å². The van der Waals surface area contributed by atoms with Gasteiger partial charge in [0.1, 0.15) is 0 Å². The van der Waals surface area contributed by atoms with E-state index in [1.807, 2.05) is 4.90 Å². The summed E-state index contributed by atoms with van der Waals surface area (Å²) in [6, 6.07) is -0.0989. The second kappa shape index (κ2) is 8.15. The van der Waals surface area contributed by atoms with Gasteiger partial charge in [0.05, 0.1) is 12.6 Å². The van der Waals surface area contributed by atoms with Gasteiger partial charge >= 0.3 is 0 Å². The number of hydrogen-bond acceptors (Lipinski definition) is 3. The number of nitrogens with one attached hydrogen (secondary N) is 2. The molecule has 19 heavy (non-hydrogen) atoms. The van der Waals surface area contributed by atoms with Gasteiger partial charge in [0.2, 0.25) is 11.8 Å². The van der Waals surface area contributed by atoms with E-state index in [1.54, 1.807) is 6.92 Å². The maximum absolute atomic E-state index is 11.9. The first-order valence-corrected chi connectivity index (χ1v) is 7.40. The molecule has 1 rings (SSSR count). The number of carbonyl (C=O) groups excluding carboxylic acids is 2. The molecule has 0 aliphatic carbocycles. The average Bonchev–Trinajstić information content (AvgIpc) is 2.95. The van der Waals surface area contributed by atoms with Crippen LogP contribution in [-0.2, 0) is 9.59 Å². The lowest BCUT2D eigenvalue weighted by Gasteiger charge is -2.20. The van der Waals surface area contributed by atoms with Gasteiger partial charge in [-0.1, -0.05) is 13.8 Å². The first kappa shape index (κ1) is 16.0. The van der Waals surface area contributed by atoms with E-state index in [9.17, 15) is 9.59 Å². The van der Waals surface area contributed by atoms with Crippen molar-refractivity contribution in [1.82, 2.24) is 15.5 Å². The number of likely N-dealkylation sites (tertiary alicyclic amines) is 1. The first-order chi connectivity index (χ1) is 9.08. The third-order valence-electron chi connectivity index (χ3n) is 3.74. The monoisotopic (exact) mass is 269 g/mol. The molecular formula is C14H27N3O2. The Morgan fingerprint density at radius 1 is 1.16 bits per heavy atom. The molecule has 1 fully saturated rings. The molecule has 2 amide bonds. The van der Waals surface area contributed by atoms with Crippen LogP contribution in [-0.4, -0.2) is 48.4 Å². The number of rotatable bonds is 7. The minimum atomic E-state index is -0.327. The maximum Gasteiger partial charge on any atom is 0.237 e. The van der Waals surface area contributed by atoms with Gasteiger partial charge in [-0.2, -0.15) is 0 Å². The molecule has 110 valence electrons. The van der Waals surface area contributed by atoms with Gasteiger partial charge in [0.25, 0.3) is 0 Å². The lowest BCUT2D eigenvalue weighted by molar-refractivity contribution is -0.129. The van der Waals surface area contributed by atoms with E-state index in [0.29, 0.717) is 0 Å². The van der Waals surface area contributed by atoms with Crippen molar-refractivity contribution >= 4 is 11.8 Å². The van der Waals surface area contributed by atoms with E-state index < -0.39 is 0 Å². The standard InChI is InChI=1S/C14H27N3O2/c1-4-12(5-2)16-14(19)11(3)15-10-13(18)17-8-6-7-9-17/h11-12,15H,4-10H2,1-3H3,(H,16,19). The summed E-state index contributed by atoms with van der Waals surface area (Å²) in [4.78, 5) is 25.6. The predicted molar refractivity (Wildman–Crippen MR) is 75.8 cm³/mol. The number of amides is 2. The molecule has 1 aliphatic heterocycles. The van der Waals surface area contributed by atoms with Crippen LogP contribution in [0, 0.1) is 0 Å². The molecule has 0 aromatic carbocycles. The molecule has 0 spiro atoms. The molecule has 0 aromatic rings. The van der Waals surface area contributed by atoms with Crippen LogP contribution < -0.4 is 10.6 Å². The van der Waals surface area contributed by atoms with Crippen LogP contribution in [0.5, 0.6) is 0 Å². The largest absolute Gasteiger partial charge is 0.352 e. The molecule has 5 nitrogen and oxygen atoms in total. The van der Waals surface area contributed by atoms with Crippen LogP contribution in [0.4, 0.5) is 0 Å². The highest BCUT2D eigenvalue weighted by Crippen LogP contribution is 2.06. The summed E-state index contributed by atoms with van der Waals surface area (Å²) in [5.74, 6) is 0.0719. The fraction of sp³-hybridized carbons (Fsp3) is 0.857. The second-order valence-corrected chi connectivity index (χ2v) is 5.21. The first-order valence-electron chi connectivity index (χ1n) is 7.40. The molecule has 2 N–H and O–H groups in total. The van der Waals surface area contributed by atoms with Crippen molar-refractivity contribution in [2.24, 2.45) is 0 Å². The van der Waals surface area contributed by atoms with Crippen LogP contribution >= 0.6 is 0 Å². The van der Waals surface area contributed by atoms with Crippen LogP contribution in [0.2, 0.25) is 0 Å². The smallest absolute Gasteiger partial charge is 0.237 e. The normalized spacial score (nSPS) is 16.7. The van der Waals surface area contributed by atoms with Gasteiger partial charge < -0.3 is 10.2 Å². The Hall–Kier alpha value is -1.10. The summed E-state index contributed by atoms with van der Waals surface area (Å²) >= 11 is 0. The van der Waals surface area contributed by atoms with Crippen molar-refractivity contribution in [3.05, 3.63) is 0 Å². The van der Waals surface area contributed by atoms with E-state index >= 15 is 0 Å². The fourth-order valence-corrected chi connectivity index (χ4v) is 2.23. The molecule has 1 unspecified atom stereocenters. The second-order valence-electron chi connectivity index (χ2n) is 5.21. The van der Waals surface area contributed by atoms with Crippen LogP contribution in [0.25, 0.3) is 0 Å². The van der Waals surface area contributed by atoms with Crippen molar-refractivity contribution in [3.63, 3.8) is 0 Å². The van der Waals surface area contributed by atoms with Gasteiger partial charge in [-0.25, -0.2) is 0 Å². The summed E-state index contributed by atoms with van der Waals surface area (Å²) in [6.07, 6.45) is 4.05. The van der Waals surface area contributed by atoms with E-state index in [2.05, 4.69) is 24.5 Å². The zero-order chi connectivity index (χ0) is 14.3. The van der Waals surface area contributed by atoms with Crippen molar-refractivity contribution in [2.45, 2.75) is 58.5 Å². The summed E-state index contributed by atoms with van der Waals surface area (Å²) in [7, 11) is 0. The van der Waals surface area contributed by atoms with Gasteiger partial charge in [-0.05, 0) is 32.6 Å². The minimum absolute atomic E-state index is 0.0251. The molecule has 5 heteroatoms. The lowest BCUT2D eigenvalue weighted by Crippen LogP contribution is -2.48. The van der Waals surface area contributed by atoms with E-state index in [4.69, 9.17) is 0 Å². The summed E-state index contributed by atoms with van der Waals surface area (Å²) in [6.45, 7) is 7.88. The molecule has 0 saturated carbocycles. The molecule has 0 bridgehead atoms. The fourth-order valence-electron chi connectivity index (χ4n) is 2.23. The molecule has 0 aromatic heterocycles. The topological polar surface area (TPSA) is 61.4 Å². The Morgan fingerprint density at radius 2 is 1.74 bits per heavy atom. The third kappa shape index (κ3) is 5.19. The number of nitrogens with zero attached hydrogens (tertiary/aromatic N) is 1. The zero-order valence-corrected chi connectivity index (χ0v) is 12.4. The number of hydrogen-bond donors (Lipinski definition) is 2. The Balaban J connectivity index is 2.27. The zero-order valence-electron chi connectivity index (χ0n) is 12.4. The number of carbonyl (C=O) groups is 2. The van der Waals surface area contributed by atoms with Gasteiger partial charge in [0.15, 0.2) is 0 Å². The van der Waals surface area contributed by atoms with E-state index in [-0.39, 0.29) is 30.4 Å². The highest BCUT2D eigenvalue weighted by atomic mass is 16.2. The molecular weight excluding hydrogens is 242 g/mol. The highest BCUT2D eigenvalue weighted by Gasteiger charge is 2.20. The lowest BCUT2D eigenvalue weighted by atomic mass is 10.1. The SMILES string of the molecule is CCC(CC)NC(=O)C(C)NCC(=O)N1CCCC1. The molecule has 1 atom stereocenters. The molecule has 1 heterocycles. The van der Waals surface area contributed by atoms with Gasteiger partial charge in [-0.3, -0.25) is 14.9 Å². The quantitative estimate of drug-likeness (QED) is 0.721. The van der Waals surface area contributed by atoms with Crippen LogP contribution in [0.15, 0.2) is 0 Å². The van der Waals surface area contributed by atoms with Crippen LogP contribution in [0.3, 0.4) is 0 Å². The summed E-state index contributed by atoms with van der Waals surface area (Å²) in [5.41, 5.74) is 0. The predicted octanol–water partition coefficient (Wildman–Crippen LogP) is 0.892. The summed E-state index contributed by atoms with van der Waals surface area (Å²) in [5, 5.41) is 5.99. The van der Waals surface area contributed by atoms with Gasteiger partial charge in [-0.15, -0.1) is 0 Å². The highest BCUT2D eigenvalue weighted by molar-refractivity contribution is 5.83. The van der Waals surface area contributed by atoms with Crippen molar-refractivity contribution in [1.29, 1.82) is 0 Å². The maximum atomic E-state index is 11.9. The Labute approximate surface area is 116 Å². The Kier molecular flexibility index (Phi) is 6.84. The Morgan fingerprint density at radius 3 is 2.26 bits per heavy atom. The Bertz CT molecular complexity index is 297. The van der Waals surface area contributed by atoms with Gasteiger partial charge in [0, 0.05) is 19.1 Å². The van der Waals surface area contributed by atoms with E-state index in [1.165, 1.54) is 0 Å². The van der Waals surface area contributed by atoms with E-state index in [0.717, 1.165) is 38.8 Å². The van der Waals surface area contributed by atoms with Crippen LogP contribution in [0.1, 0.15) is 46.5 Å².